The Hall–Kier alpha value is -2.35. The molecule has 1 aromatic rings. The zero-order valence-electron chi connectivity index (χ0n) is 18.6. The van der Waals surface area contributed by atoms with Gasteiger partial charge in [0.05, 0.1) is 7.11 Å². The van der Waals surface area contributed by atoms with Crippen molar-refractivity contribution in [2.75, 3.05) is 20.8 Å². The van der Waals surface area contributed by atoms with Crippen LogP contribution in [0.4, 0.5) is 0 Å². The highest BCUT2D eigenvalue weighted by Gasteiger charge is 2.27. The van der Waals surface area contributed by atoms with Gasteiger partial charge in [-0.15, -0.1) is 0 Å². The van der Waals surface area contributed by atoms with Crippen LogP contribution in [0.2, 0.25) is 0 Å². The molecule has 0 fully saturated rings. The number of ether oxygens (including phenoxy) is 1. The van der Waals surface area contributed by atoms with Crippen molar-refractivity contribution in [1.82, 2.24) is 10.4 Å². The van der Waals surface area contributed by atoms with Gasteiger partial charge in [-0.05, 0) is 42.9 Å². The molecule has 0 spiro atoms. The molecule has 0 aromatic heterocycles. The Bertz CT molecular complexity index is 796. The molecule has 0 saturated heterocycles. The Kier molecular flexibility index (Phi) is 11.9. The first-order valence-corrected chi connectivity index (χ1v) is 11.7. The molecule has 174 valence electrons. The van der Waals surface area contributed by atoms with Gasteiger partial charge in [0.25, 0.3) is 0 Å². The van der Waals surface area contributed by atoms with E-state index in [0.29, 0.717) is 18.9 Å². The van der Waals surface area contributed by atoms with Gasteiger partial charge < -0.3 is 19.7 Å². The number of methoxy groups -OCH3 is 1. The molecule has 1 atom stereocenters. The van der Waals surface area contributed by atoms with Gasteiger partial charge in [0, 0.05) is 20.1 Å². The fourth-order valence-corrected chi connectivity index (χ4v) is 3.54. The van der Waals surface area contributed by atoms with Crippen molar-refractivity contribution in [3.05, 3.63) is 35.9 Å². The van der Waals surface area contributed by atoms with Gasteiger partial charge in [0.1, 0.15) is 6.54 Å². The van der Waals surface area contributed by atoms with Crippen LogP contribution in [0.5, 0.6) is 11.5 Å². The summed E-state index contributed by atoms with van der Waals surface area (Å²) in [5.74, 6) is -0.299. The third-order valence-electron chi connectivity index (χ3n) is 4.15. The number of rotatable bonds is 15. The Morgan fingerprint density at radius 2 is 1.94 bits per heavy atom. The van der Waals surface area contributed by atoms with Gasteiger partial charge in [0.2, 0.25) is 5.91 Å². The SMILES string of the molecule is COc1cc(CNC(=O)CCCC/C=C/C(C)C)ccc1OP(=O)(NCC(=O)O)OC. The lowest BCUT2D eigenvalue weighted by Gasteiger charge is -2.19. The molecule has 1 rings (SSSR count). The molecule has 0 radical (unpaired) electrons. The summed E-state index contributed by atoms with van der Waals surface area (Å²) >= 11 is 0. The van der Waals surface area contributed by atoms with E-state index < -0.39 is 20.3 Å². The van der Waals surface area contributed by atoms with Crippen molar-refractivity contribution in [2.45, 2.75) is 46.1 Å². The first kappa shape index (κ1) is 26.7. The first-order valence-electron chi connectivity index (χ1n) is 10.1. The highest BCUT2D eigenvalue weighted by molar-refractivity contribution is 7.52. The summed E-state index contributed by atoms with van der Waals surface area (Å²) in [6.45, 7) is 3.97. The molecule has 10 heteroatoms. The lowest BCUT2D eigenvalue weighted by Crippen LogP contribution is -2.23. The van der Waals surface area contributed by atoms with Gasteiger partial charge in [-0.3, -0.25) is 14.1 Å². The van der Waals surface area contributed by atoms with Crippen molar-refractivity contribution in [3.8, 4) is 11.5 Å². The number of amides is 1. The van der Waals surface area contributed by atoms with Crippen LogP contribution in [0, 0.1) is 5.92 Å². The van der Waals surface area contributed by atoms with Crippen LogP contribution in [0.1, 0.15) is 45.1 Å². The lowest BCUT2D eigenvalue weighted by molar-refractivity contribution is -0.135. The number of aliphatic carboxylic acids is 1. The van der Waals surface area contributed by atoms with E-state index in [1.54, 1.807) is 12.1 Å². The standard InChI is InChI=1S/C21H33N2O7P/c1-16(2)9-7-5-6-8-10-20(24)22-14-17-11-12-18(19(13-17)28-3)30-31(27,29-4)23-15-21(25)26/h7,9,11-13,16H,5-6,8,10,14-15H2,1-4H3,(H,22,24)(H,23,27)(H,25,26)/b9-7+. The molecule has 0 bridgehead atoms. The summed E-state index contributed by atoms with van der Waals surface area (Å²) in [7, 11) is -1.31. The average Bonchev–Trinajstić information content (AvgIpc) is 2.73. The first-order chi connectivity index (χ1) is 14.7. The molecule has 0 aliphatic carbocycles. The van der Waals surface area contributed by atoms with E-state index in [9.17, 15) is 14.2 Å². The third kappa shape index (κ3) is 11.0. The largest absolute Gasteiger partial charge is 0.493 e. The second kappa shape index (κ2) is 13.9. The maximum absolute atomic E-state index is 12.5. The van der Waals surface area contributed by atoms with Crippen LogP contribution >= 0.6 is 7.75 Å². The number of hydrogen-bond donors (Lipinski definition) is 3. The summed E-state index contributed by atoms with van der Waals surface area (Å²) in [5.41, 5.74) is 0.767. The molecular formula is C21H33N2O7P. The average molecular weight is 456 g/mol. The zero-order chi connectivity index (χ0) is 23.3. The van der Waals surface area contributed by atoms with Crippen molar-refractivity contribution < 1.29 is 33.0 Å². The van der Waals surface area contributed by atoms with Crippen LogP contribution in [0.15, 0.2) is 30.4 Å². The van der Waals surface area contributed by atoms with E-state index in [-0.39, 0.29) is 17.4 Å². The number of carbonyl (C=O) groups excluding carboxylic acids is 1. The van der Waals surface area contributed by atoms with Crippen LogP contribution in [-0.2, 0) is 25.2 Å². The Morgan fingerprint density at radius 1 is 1.19 bits per heavy atom. The molecule has 3 N–H and O–H groups in total. The number of nitrogens with one attached hydrogen (secondary N) is 2. The van der Waals surface area contributed by atoms with Crippen LogP contribution in [-0.4, -0.2) is 37.7 Å². The van der Waals surface area contributed by atoms with Crippen LogP contribution in [0.3, 0.4) is 0 Å². The smallest absolute Gasteiger partial charge is 0.459 e. The molecule has 31 heavy (non-hydrogen) atoms. The molecule has 9 nitrogen and oxygen atoms in total. The van der Waals surface area contributed by atoms with Gasteiger partial charge in [0.15, 0.2) is 11.5 Å². The highest BCUT2D eigenvalue weighted by Crippen LogP contribution is 2.46. The van der Waals surface area contributed by atoms with Gasteiger partial charge >= 0.3 is 13.7 Å². The number of unbranched alkanes of at least 4 members (excludes halogenated alkanes) is 2. The van der Waals surface area contributed by atoms with Gasteiger partial charge in [-0.1, -0.05) is 32.1 Å². The van der Waals surface area contributed by atoms with Gasteiger partial charge in [-0.25, -0.2) is 9.65 Å². The highest BCUT2D eigenvalue weighted by atomic mass is 31.2. The molecule has 0 aliphatic rings. The number of carboxylic acid groups (broad SMARTS) is 1. The zero-order valence-corrected chi connectivity index (χ0v) is 19.4. The second-order valence-electron chi connectivity index (χ2n) is 7.18. The summed E-state index contributed by atoms with van der Waals surface area (Å²) in [4.78, 5) is 22.7. The maximum atomic E-state index is 12.5. The second-order valence-corrected chi connectivity index (χ2v) is 9.04. The number of carbonyl (C=O) groups is 2. The molecule has 0 saturated carbocycles. The molecule has 1 amide bonds. The van der Waals surface area contributed by atoms with Crippen LogP contribution in [0.25, 0.3) is 0 Å². The van der Waals surface area contributed by atoms with Crippen molar-refractivity contribution in [1.29, 1.82) is 0 Å². The minimum atomic E-state index is -3.87. The summed E-state index contributed by atoms with van der Waals surface area (Å²) in [5, 5.41) is 13.8. The Morgan fingerprint density at radius 3 is 2.55 bits per heavy atom. The number of benzene rings is 1. The molecule has 0 heterocycles. The Labute approximate surface area is 183 Å². The van der Waals surface area contributed by atoms with E-state index in [2.05, 4.69) is 36.4 Å². The van der Waals surface area contributed by atoms with E-state index in [1.807, 2.05) is 0 Å². The quantitative estimate of drug-likeness (QED) is 0.206. The van der Waals surface area contributed by atoms with Crippen molar-refractivity contribution >= 4 is 19.6 Å². The minimum Gasteiger partial charge on any atom is -0.493 e. The van der Waals surface area contributed by atoms with Gasteiger partial charge in [-0.2, -0.15) is 0 Å². The van der Waals surface area contributed by atoms with Crippen molar-refractivity contribution in [2.24, 2.45) is 5.92 Å². The number of carboxylic acids is 1. The monoisotopic (exact) mass is 456 g/mol. The number of hydrogen-bond acceptors (Lipinski definition) is 6. The van der Waals surface area contributed by atoms with Crippen LogP contribution < -0.4 is 19.7 Å². The van der Waals surface area contributed by atoms with E-state index in [0.717, 1.165) is 31.9 Å². The Balaban J connectivity index is 2.57. The predicted octanol–water partition coefficient (Wildman–Crippen LogP) is 3.89. The van der Waals surface area contributed by atoms with Crippen molar-refractivity contribution in [3.63, 3.8) is 0 Å². The third-order valence-corrected chi connectivity index (χ3v) is 5.61. The fraction of sp³-hybridized carbons (Fsp3) is 0.524. The number of allylic oxidation sites excluding steroid dienone is 2. The molecule has 1 unspecified atom stereocenters. The fourth-order valence-electron chi connectivity index (χ4n) is 2.53. The lowest BCUT2D eigenvalue weighted by atomic mass is 10.1. The summed E-state index contributed by atoms with van der Waals surface area (Å²) < 4.78 is 27.9. The van der Waals surface area contributed by atoms with E-state index in [4.69, 9.17) is 18.9 Å². The normalized spacial score (nSPS) is 13.2. The molecular weight excluding hydrogens is 423 g/mol. The maximum Gasteiger partial charge on any atom is 0.459 e. The minimum absolute atomic E-state index is 0.0334. The summed E-state index contributed by atoms with van der Waals surface area (Å²) in [6, 6.07) is 4.85. The molecule has 1 aromatic carbocycles. The van der Waals surface area contributed by atoms with E-state index in [1.165, 1.54) is 13.2 Å². The summed E-state index contributed by atoms with van der Waals surface area (Å²) in [6.07, 6.45) is 7.52. The predicted molar refractivity (Wildman–Crippen MR) is 118 cm³/mol. The topological polar surface area (TPSA) is 123 Å². The molecule has 0 aliphatic heterocycles. The van der Waals surface area contributed by atoms with E-state index >= 15 is 0 Å².